The maximum absolute atomic E-state index is 6.01. The Bertz CT molecular complexity index is 505. The van der Waals surface area contributed by atoms with Crippen LogP contribution in [0.25, 0.3) is 11.3 Å². The molecule has 0 spiro atoms. The van der Waals surface area contributed by atoms with Crippen LogP contribution in [-0.4, -0.2) is 4.98 Å². The fourth-order valence-electron chi connectivity index (χ4n) is 1.53. The molecule has 0 saturated heterocycles. The van der Waals surface area contributed by atoms with Crippen molar-refractivity contribution in [1.29, 1.82) is 0 Å². The van der Waals surface area contributed by atoms with Gasteiger partial charge in [0, 0.05) is 10.4 Å². The molecule has 0 atom stereocenters. The largest absolute Gasteiger partial charge is 0.244 e. The Morgan fingerprint density at radius 2 is 1.94 bits per heavy atom. The summed E-state index contributed by atoms with van der Waals surface area (Å²) >= 11 is 13.6. The van der Waals surface area contributed by atoms with Gasteiger partial charge in [-0.05, 0) is 18.1 Å². The third-order valence-corrected chi connectivity index (χ3v) is 4.18. The summed E-state index contributed by atoms with van der Waals surface area (Å²) in [5.74, 6) is 0.469. The minimum absolute atomic E-state index is 0.469. The highest BCUT2D eigenvalue weighted by atomic mass is 35.5. The molecule has 0 aliphatic carbocycles. The second-order valence-electron chi connectivity index (χ2n) is 3.85. The monoisotopic (exact) mass is 271 g/mol. The number of benzene rings is 1. The molecular weight excluding hydrogens is 261 g/mol. The quantitative estimate of drug-likeness (QED) is 0.728. The SMILES string of the molecule is CC(C)c1scnc1-c1ccc(Cl)c(Cl)c1. The van der Waals surface area contributed by atoms with Gasteiger partial charge < -0.3 is 0 Å². The number of aromatic nitrogens is 1. The predicted molar refractivity (Wildman–Crippen MR) is 71.7 cm³/mol. The summed E-state index contributed by atoms with van der Waals surface area (Å²) in [6.45, 7) is 4.32. The first-order valence-corrected chi connectivity index (χ1v) is 6.62. The molecule has 1 aromatic carbocycles. The minimum atomic E-state index is 0.469. The van der Waals surface area contributed by atoms with Crippen LogP contribution in [0.4, 0.5) is 0 Å². The van der Waals surface area contributed by atoms with Gasteiger partial charge in [-0.2, -0.15) is 0 Å². The van der Waals surface area contributed by atoms with Gasteiger partial charge in [-0.25, -0.2) is 4.98 Å². The van der Waals surface area contributed by atoms with Crippen molar-refractivity contribution in [2.75, 3.05) is 0 Å². The Labute approximate surface area is 109 Å². The second-order valence-corrected chi connectivity index (χ2v) is 5.55. The van der Waals surface area contributed by atoms with E-state index >= 15 is 0 Å². The van der Waals surface area contributed by atoms with Crippen molar-refractivity contribution in [3.8, 4) is 11.3 Å². The molecule has 0 unspecified atom stereocenters. The van der Waals surface area contributed by atoms with E-state index in [0.29, 0.717) is 16.0 Å². The zero-order valence-electron chi connectivity index (χ0n) is 9.00. The standard InChI is InChI=1S/C12H11Cl2NS/c1-7(2)12-11(15-6-16-12)8-3-4-9(13)10(14)5-8/h3-7H,1-2H3. The zero-order chi connectivity index (χ0) is 11.7. The topological polar surface area (TPSA) is 12.9 Å². The lowest BCUT2D eigenvalue weighted by Gasteiger charge is -2.06. The molecule has 0 saturated carbocycles. The molecule has 2 aromatic rings. The van der Waals surface area contributed by atoms with Crippen LogP contribution < -0.4 is 0 Å². The Kier molecular flexibility index (Phi) is 3.53. The summed E-state index contributed by atoms with van der Waals surface area (Å²) in [5, 5.41) is 1.15. The zero-order valence-corrected chi connectivity index (χ0v) is 11.3. The second kappa shape index (κ2) is 4.74. The van der Waals surface area contributed by atoms with Gasteiger partial charge >= 0.3 is 0 Å². The number of nitrogens with zero attached hydrogens (tertiary/aromatic N) is 1. The number of hydrogen-bond donors (Lipinski definition) is 0. The lowest BCUT2D eigenvalue weighted by molar-refractivity contribution is 0.888. The van der Waals surface area contributed by atoms with Crippen LogP contribution in [-0.2, 0) is 0 Å². The first kappa shape index (κ1) is 11.9. The number of rotatable bonds is 2. The molecule has 1 nitrogen and oxygen atoms in total. The van der Waals surface area contributed by atoms with Gasteiger partial charge in [-0.3, -0.25) is 0 Å². The average molecular weight is 272 g/mol. The number of hydrogen-bond acceptors (Lipinski definition) is 2. The van der Waals surface area contributed by atoms with Gasteiger partial charge in [0.05, 0.1) is 21.2 Å². The van der Waals surface area contributed by atoms with Crippen LogP contribution in [0.5, 0.6) is 0 Å². The van der Waals surface area contributed by atoms with Crippen LogP contribution >= 0.6 is 34.5 Å². The highest BCUT2D eigenvalue weighted by molar-refractivity contribution is 7.10. The molecule has 0 radical (unpaired) electrons. The Hall–Kier alpha value is -0.570. The number of halogens is 2. The van der Waals surface area contributed by atoms with Crippen LogP contribution in [0.1, 0.15) is 24.6 Å². The molecule has 1 heterocycles. The molecule has 4 heteroatoms. The van der Waals surface area contributed by atoms with Crippen molar-refractivity contribution in [3.05, 3.63) is 38.6 Å². The Morgan fingerprint density at radius 1 is 1.19 bits per heavy atom. The summed E-state index contributed by atoms with van der Waals surface area (Å²) < 4.78 is 0. The third kappa shape index (κ3) is 2.24. The van der Waals surface area contributed by atoms with Gasteiger partial charge in [0.2, 0.25) is 0 Å². The van der Waals surface area contributed by atoms with E-state index in [9.17, 15) is 0 Å². The fourth-order valence-corrected chi connectivity index (χ4v) is 2.65. The molecule has 0 aliphatic heterocycles. The van der Waals surface area contributed by atoms with Crippen LogP contribution in [0.15, 0.2) is 23.7 Å². The molecule has 2 rings (SSSR count). The Balaban J connectivity index is 2.50. The van der Waals surface area contributed by atoms with E-state index in [1.165, 1.54) is 4.88 Å². The Morgan fingerprint density at radius 3 is 2.56 bits per heavy atom. The summed E-state index contributed by atoms with van der Waals surface area (Å²) in [4.78, 5) is 5.67. The van der Waals surface area contributed by atoms with Crippen molar-refractivity contribution in [1.82, 2.24) is 4.98 Å². The highest BCUT2D eigenvalue weighted by Crippen LogP contribution is 2.34. The predicted octanol–water partition coefficient (Wildman–Crippen LogP) is 5.24. The fraction of sp³-hybridized carbons (Fsp3) is 0.250. The molecule has 0 fully saturated rings. The first-order chi connectivity index (χ1) is 7.59. The molecular formula is C12H11Cl2NS. The lowest BCUT2D eigenvalue weighted by Crippen LogP contribution is -1.88. The maximum Gasteiger partial charge on any atom is 0.0846 e. The summed E-state index contributed by atoms with van der Waals surface area (Å²) in [5.41, 5.74) is 3.91. The first-order valence-electron chi connectivity index (χ1n) is 4.98. The maximum atomic E-state index is 6.01. The van der Waals surface area contributed by atoms with Crippen molar-refractivity contribution < 1.29 is 0 Å². The van der Waals surface area contributed by atoms with Crippen LogP contribution in [0.3, 0.4) is 0 Å². The van der Waals surface area contributed by atoms with E-state index in [2.05, 4.69) is 18.8 Å². The minimum Gasteiger partial charge on any atom is -0.244 e. The van der Waals surface area contributed by atoms with E-state index in [1.807, 2.05) is 23.7 Å². The molecule has 1 aromatic heterocycles. The molecule has 0 N–H and O–H groups in total. The van der Waals surface area contributed by atoms with Gasteiger partial charge in [0.1, 0.15) is 0 Å². The van der Waals surface area contributed by atoms with E-state index in [1.54, 1.807) is 11.3 Å². The number of thiazole rings is 1. The van der Waals surface area contributed by atoms with Crippen LogP contribution in [0.2, 0.25) is 10.0 Å². The molecule has 0 bridgehead atoms. The van der Waals surface area contributed by atoms with Gasteiger partial charge in [-0.15, -0.1) is 11.3 Å². The smallest absolute Gasteiger partial charge is 0.0846 e. The molecule has 0 amide bonds. The average Bonchev–Trinajstić information content (AvgIpc) is 2.71. The van der Waals surface area contributed by atoms with Crippen molar-refractivity contribution in [2.45, 2.75) is 19.8 Å². The molecule has 84 valence electrons. The molecule has 0 aliphatic rings. The lowest BCUT2D eigenvalue weighted by atomic mass is 10.1. The van der Waals surface area contributed by atoms with E-state index < -0.39 is 0 Å². The van der Waals surface area contributed by atoms with Gasteiger partial charge in [0.25, 0.3) is 0 Å². The van der Waals surface area contributed by atoms with Crippen LogP contribution in [0, 0.1) is 0 Å². The van der Waals surface area contributed by atoms with E-state index in [4.69, 9.17) is 23.2 Å². The summed E-state index contributed by atoms with van der Waals surface area (Å²) in [6.07, 6.45) is 0. The molecule has 16 heavy (non-hydrogen) atoms. The van der Waals surface area contributed by atoms with Crippen molar-refractivity contribution >= 4 is 34.5 Å². The van der Waals surface area contributed by atoms with Crippen molar-refractivity contribution in [3.63, 3.8) is 0 Å². The summed E-state index contributed by atoms with van der Waals surface area (Å²) in [6, 6.07) is 5.63. The van der Waals surface area contributed by atoms with E-state index in [0.717, 1.165) is 11.3 Å². The van der Waals surface area contributed by atoms with Gasteiger partial charge in [-0.1, -0.05) is 43.1 Å². The van der Waals surface area contributed by atoms with Gasteiger partial charge in [0.15, 0.2) is 0 Å². The summed E-state index contributed by atoms with van der Waals surface area (Å²) in [7, 11) is 0. The van der Waals surface area contributed by atoms with Crippen molar-refractivity contribution in [2.24, 2.45) is 0 Å². The highest BCUT2D eigenvalue weighted by Gasteiger charge is 2.12. The normalized spacial score (nSPS) is 11.1. The third-order valence-electron chi connectivity index (χ3n) is 2.31. The van der Waals surface area contributed by atoms with E-state index in [-0.39, 0.29) is 0 Å².